The highest BCUT2D eigenvalue weighted by molar-refractivity contribution is 5.36. The second-order valence-corrected chi connectivity index (χ2v) is 8.83. The average molecular weight is 499 g/mol. The average Bonchev–Trinajstić information content (AvgIpc) is 2.86. The fourth-order valence-corrected chi connectivity index (χ4v) is 4.56. The molecule has 0 fully saturated rings. The zero-order chi connectivity index (χ0) is 25.8. The Hall–Kier alpha value is -3.54. The Balaban J connectivity index is 1.77. The van der Waals surface area contributed by atoms with E-state index in [0.717, 1.165) is 35.4 Å². The third kappa shape index (κ3) is 6.36. The zero-order valence-electron chi connectivity index (χ0n) is 19.2. The van der Waals surface area contributed by atoms with Crippen LogP contribution in [0.25, 0.3) is 0 Å². The molecule has 0 aliphatic carbocycles. The second kappa shape index (κ2) is 10.6. The van der Waals surface area contributed by atoms with Gasteiger partial charge in [0.05, 0.1) is 11.1 Å². The number of benzene rings is 4. The number of halogens is 6. The molecule has 36 heavy (non-hydrogen) atoms. The summed E-state index contributed by atoms with van der Waals surface area (Å²) < 4.78 is 78.9. The van der Waals surface area contributed by atoms with Crippen LogP contribution in [0.5, 0.6) is 0 Å². The molecular weight excluding hydrogens is 474 g/mol. The van der Waals surface area contributed by atoms with Crippen molar-refractivity contribution in [1.82, 2.24) is 0 Å². The van der Waals surface area contributed by atoms with Crippen LogP contribution in [0.4, 0.5) is 26.3 Å². The summed E-state index contributed by atoms with van der Waals surface area (Å²) in [5.41, 5.74) is 1.99. The summed E-state index contributed by atoms with van der Waals surface area (Å²) in [6, 6.07) is 29.6. The van der Waals surface area contributed by atoms with Gasteiger partial charge in [0.25, 0.3) is 0 Å². The van der Waals surface area contributed by atoms with Crippen molar-refractivity contribution in [2.45, 2.75) is 37.0 Å². The van der Waals surface area contributed by atoms with Crippen LogP contribution in [0, 0.1) is 0 Å². The SMILES string of the molecule is FC(F)(F)c1ccc(CC(c2ccc(C(F)(F)F)cc2)C(Cc2ccccc2)c2ccccc2)cc1. The van der Waals surface area contributed by atoms with Gasteiger partial charge in [-0.05, 0) is 71.2 Å². The monoisotopic (exact) mass is 498 g/mol. The van der Waals surface area contributed by atoms with Crippen molar-refractivity contribution in [2.75, 3.05) is 0 Å². The summed E-state index contributed by atoms with van der Waals surface area (Å²) in [7, 11) is 0. The Bertz CT molecular complexity index is 1230. The van der Waals surface area contributed by atoms with Crippen molar-refractivity contribution in [1.29, 1.82) is 0 Å². The summed E-state index contributed by atoms with van der Waals surface area (Å²) in [6.45, 7) is 0. The first-order chi connectivity index (χ1) is 17.1. The number of hydrogen-bond acceptors (Lipinski definition) is 0. The minimum absolute atomic E-state index is 0.118. The maximum atomic E-state index is 13.2. The van der Waals surface area contributed by atoms with Gasteiger partial charge in [-0.15, -0.1) is 0 Å². The first kappa shape index (κ1) is 25.5. The van der Waals surface area contributed by atoms with Crippen molar-refractivity contribution in [3.05, 3.63) is 143 Å². The Labute approximate surface area is 206 Å². The van der Waals surface area contributed by atoms with Crippen molar-refractivity contribution in [3.8, 4) is 0 Å². The molecule has 4 aromatic rings. The van der Waals surface area contributed by atoms with Gasteiger partial charge < -0.3 is 0 Å². The van der Waals surface area contributed by atoms with Crippen molar-refractivity contribution < 1.29 is 26.3 Å². The summed E-state index contributed by atoms with van der Waals surface area (Å²) in [4.78, 5) is 0. The maximum absolute atomic E-state index is 13.2. The van der Waals surface area contributed by atoms with Crippen molar-refractivity contribution in [2.24, 2.45) is 0 Å². The van der Waals surface area contributed by atoms with E-state index in [2.05, 4.69) is 0 Å². The highest BCUT2D eigenvalue weighted by Gasteiger charge is 2.32. The molecule has 4 aromatic carbocycles. The Morgan fingerprint density at radius 3 is 1.22 bits per heavy atom. The Morgan fingerprint density at radius 1 is 0.417 bits per heavy atom. The lowest BCUT2D eigenvalue weighted by atomic mass is 9.75. The molecule has 0 spiro atoms. The van der Waals surface area contributed by atoms with E-state index in [4.69, 9.17) is 0 Å². The van der Waals surface area contributed by atoms with E-state index in [1.807, 2.05) is 60.7 Å². The van der Waals surface area contributed by atoms with Crippen molar-refractivity contribution >= 4 is 0 Å². The van der Waals surface area contributed by atoms with E-state index in [1.165, 1.54) is 24.3 Å². The van der Waals surface area contributed by atoms with Crippen LogP contribution in [0.1, 0.15) is 45.2 Å². The highest BCUT2D eigenvalue weighted by Crippen LogP contribution is 2.40. The largest absolute Gasteiger partial charge is 0.416 e. The summed E-state index contributed by atoms with van der Waals surface area (Å²) in [6.07, 6.45) is -7.90. The van der Waals surface area contributed by atoms with Gasteiger partial charge in [0.15, 0.2) is 0 Å². The van der Waals surface area contributed by atoms with Gasteiger partial charge in [0.2, 0.25) is 0 Å². The molecule has 2 unspecified atom stereocenters. The molecule has 6 heteroatoms. The van der Waals surface area contributed by atoms with Crippen LogP contribution in [-0.4, -0.2) is 0 Å². The standard InChI is InChI=1S/C30H24F6/c31-29(32,33)25-15-11-22(12-16-25)20-28(24-13-17-26(18-14-24)30(34,35)36)27(23-9-5-2-6-10-23)19-21-7-3-1-4-8-21/h1-18,27-28H,19-20H2. The van der Waals surface area contributed by atoms with Gasteiger partial charge in [-0.25, -0.2) is 0 Å². The number of hydrogen-bond donors (Lipinski definition) is 0. The van der Waals surface area contributed by atoms with E-state index < -0.39 is 23.5 Å². The Morgan fingerprint density at radius 2 is 0.778 bits per heavy atom. The maximum Gasteiger partial charge on any atom is 0.416 e. The van der Waals surface area contributed by atoms with Gasteiger partial charge in [-0.3, -0.25) is 0 Å². The van der Waals surface area contributed by atoms with Gasteiger partial charge in [-0.1, -0.05) is 84.9 Å². The summed E-state index contributed by atoms with van der Waals surface area (Å²) >= 11 is 0. The van der Waals surface area contributed by atoms with Crippen LogP contribution >= 0.6 is 0 Å². The molecule has 0 amide bonds. The molecule has 0 heterocycles. The molecule has 0 bridgehead atoms. The lowest BCUT2D eigenvalue weighted by molar-refractivity contribution is -0.138. The minimum atomic E-state index is -4.45. The molecule has 0 aliphatic rings. The zero-order valence-corrected chi connectivity index (χ0v) is 19.2. The van der Waals surface area contributed by atoms with Gasteiger partial charge in [0, 0.05) is 0 Å². The van der Waals surface area contributed by atoms with Gasteiger partial charge in [-0.2, -0.15) is 26.3 Å². The predicted octanol–water partition coefficient (Wildman–Crippen LogP) is 9.08. The molecular formula is C30H24F6. The summed E-state index contributed by atoms with van der Waals surface area (Å²) in [5, 5.41) is 0. The smallest absolute Gasteiger partial charge is 0.166 e. The summed E-state index contributed by atoms with van der Waals surface area (Å²) in [5.74, 6) is -0.390. The molecule has 4 rings (SSSR count). The van der Waals surface area contributed by atoms with Crippen molar-refractivity contribution in [3.63, 3.8) is 0 Å². The highest BCUT2D eigenvalue weighted by atomic mass is 19.4. The second-order valence-electron chi connectivity index (χ2n) is 8.83. The number of alkyl halides is 6. The molecule has 2 atom stereocenters. The first-order valence-electron chi connectivity index (χ1n) is 11.5. The molecule has 0 radical (unpaired) electrons. The normalized spacial score (nSPS) is 13.8. The lowest BCUT2D eigenvalue weighted by Crippen LogP contribution is -2.17. The van der Waals surface area contributed by atoms with Crippen LogP contribution < -0.4 is 0 Å². The quantitative estimate of drug-likeness (QED) is 0.223. The lowest BCUT2D eigenvalue weighted by Gasteiger charge is -2.29. The molecule has 0 nitrogen and oxygen atoms in total. The molecule has 0 saturated heterocycles. The topological polar surface area (TPSA) is 0 Å². The minimum Gasteiger partial charge on any atom is -0.166 e. The molecule has 0 aliphatic heterocycles. The molecule has 0 N–H and O–H groups in total. The third-order valence-electron chi connectivity index (χ3n) is 6.41. The molecule has 0 aromatic heterocycles. The van der Waals surface area contributed by atoms with E-state index in [-0.39, 0.29) is 11.8 Å². The first-order valence-corrected chi connectivity index (χ1v) is 11.5. The van der Waals surface area contributed by atoms with E-state index in [1.54, 1.807) is 0 Å². The predicted molar refractivity (Wildman–Crippen MR) is 129 cm³/mol. The van der Waals surface area contributed by atoms with E-state index in [0.29, 0.717) is 24.0 Å². The van der Waals surface area contributed by atoms with E-state index >= 15 is 0 Å². The van der Waals surface area contributed by atoms with Crippen LogP contribution in [-0.2, 0) is 25.2 Å². The van der Waals surface area contributed by atoms with Crippen LogP contribution in [0.2, 0.25) is 0 Å². The van der Waals surface area contributed by atoms with Crippen LogP contribution in [0.15, 0.2) is 109 Å². The Kier molecular flexibility index (Phi) is 7.53. The molecule has 186 valence electrons. The fourth-order valence-electron chi connectivity index (χ4n) is 4.56. The number of rotatable bonds is 7. The third-order valence-corrected chi connectivity index (χ3v) is 6.41. The van der Waals surface area contributed by atoms with E-state index in [9.17, 15) is 26.3 Å². The van der Waals surface area contributed by atoms with Gasteiger partial charge >= 0.3 is 12.4 Å². The fraction of sp³-hybridized carbons (Fsp3) is 0.200. The van der Waals surface area contributed by atoms with Crippen LogP contribution in [0.3, 0.4) is 0 Å². The van der Waals surface area contributed by atoms with Gasteiger partial charge in [0.1, 0.15) is 0 Å². The molecule has 0 saturated carbocycles.